The van der Waals surface area contributed by atoms with Crippen LogP contribution in [0.5, 0.6) is 0 Å². The molecule has 0 saturated heterocycles. The van der Waals surface area contributed by atoms with Gasteiger partial charge in [0.1, 0.15) is 0 Å². The lowest BCUT2D eigenvalue weighted by atomic mass is 9.95. The maximum absolute atomic E-state index is 13.1. The molecule has 0 bridgehead atoms. The number of alkyl halides is 12. The minimum absolute atomic E-state index is 0.0242. The van der Waals surface area contributed by atoms with E-state index < -0.39 is 60.2 Å². The number of hydrogen-bond donors (Lipinski definition) is 2. The summed E-state index contributed by atoms with van der Waals surface area (Å²) < 4.78 is 157. The van der Waals surface area contributed by atoms with Crippen LogP contribution in [-0.4, -0.2) is 57.5 Å². The summed E-state index contributed by atoms with van der Waals surface area (Å²) in [6, 6.07) is 11.3. The van der Waals surface area contributed by atoms with Crippen molar-refractivity contribution < 1.29 is 62.9 Å². The highest BCUT2D eigenvalue weighted by Crippen LogP contribution is 2.47. The van der Waals surface area contributed by atoms with Crippen molar-refractivity contribution in [2.45, 2.75) is 75.4 Å². The molecule has 0 aliphatic heterocycles. The normalized spacial score (nSPS) is 14.9. The molecule has 234 valence electrons. The molecule has 0 unspecified atom stereocenters. The Morgan fingerprint density at radius 1 is 0.524 bits per heavy atom. The second-order valence-electron chi connectivity index (χ2n) is 9.52. The first kappa shape index (κ1) is 35.1. The van der Waals surface area contributed by atoms with E-state index in [1.165, 1.54) is 48.5 Å². The van der Waals surface area contributed by atoms with Crippen molar-refractivity contribution >= 4 is 22.8 Å². The number of benzene rings is 2. The van der Waals surface area contributed by atoms with Crippen LogP contribution < -0.4 is 0 Å². The molecule has 0 aromatic heterocycles. The zero-order valence-corrected chi connectivity index (χ0v) is 21.8. The van der Waals surface area contributed by atoms with Crippen molar-refractivity contribution in [1.82, 2.24) is 0 Å². The molecular formula is C26H24F12N2O2. The van der Waals surface area contributed by atoms with Gasteiger partial charge in [-0.15, -0.1) is 0 Å². The fourth-order valence-electron chi connectivity index (χ4n) is 3.89. The molecular weight excluding hydrogens is 600 g/mol. The first-order chi connectivity index (χ1) is 18.9. The standard InChI is InChI=1S/C26H24F12N2O2/c1-15(13-21(41,23(27,28)29)24(30,31)32)39-19-9-5-3-7-17(19)11-12-18-8-4-6-10-20(18)40-16(2)14-22(42,25(33,34)35)26(36,37)38/h3-10,41-42H,11-14H2,1-2H3/b39-15+,40-16+. The number of hydrogen-bond acceptors (Lipinski definition) is 4. The summed E-state index contributed by atoms with van der Waals surface area (Å²) in [4.78, 5) is 7.66. The number of halogens is 12. The number of nitrogens with zero attached hydrogens (tertiary/aromatic N) is 2. The summed E-state index contributed by atoms with van der Waals surface area (Å²) >= 11 is 0. The molecule has 0 radical (unpaired) electrons. The van der Waals surface area contributed by atoms with E-state index in [9.17, 15) is 62.9 Å². The van der Waals surface area contributed by atoms with Crippen molar-refractivity contribution in [3.05, 3.63) is 59.7 Å². The van der Waals surface area contributed by atoms with Crippen LogP contribution in [0.4, 0.5) is 64.1 Å². The van der Waals surface area contributed by atoms with Gasteiger partial charge < -0.3 is 10.2 Å². The first-order valence-corrected chi connectivity index (χ1v) is 11.9. The highest BCUT2D eigenvalue weighted by atomic mass is 19.4. The van der Waals surface area contributed by atoms with E-state index in [1.807, 2.05) is 0 Å². The molecule has 4 nitrogen and oxygen atoms in total. The monoisotopic (exact) mass is 624 g/mol. The lowest BCUT2D eigenvalue weighted by molar-refractivity contribution is -0.365. The van der Waals surface area contributed by atoms with Gasteiger partial charge in [-0.2, -0.15) is 52.7 Å². The van der Waals surface area contributed by atoms with E-state index in [2.05, 4.69) is 9.98 Å². The molecule has 0 aliphatic carbocycles. The third-order valence-electron chi connectivity index (χ3n) is 6.17. The summed E-state index contributed by atoms with van der Waals surface area (Å²) in [7, 11) is 0. The average molecular weight is 624 g/mol. The Kier molecular flexibility index (Phi) is 10.2. The Hall–Kier alpha value is -3.14. The topological polar surface area (TPSA) is 65.2 Å². The Bertz CT molecular complexity index is 1160. The smallest absolute Gasteiger partial charge is 0.373 e. The summed E-state index contributed by atoms with van der Waals surface area (Å²) in [6.45, 7) is 1.74. The second-order valence-corrected chi connectivity index (χ2v) is 9.52. The van der Waals surface area contributed by atoms with E-state index in [0.29, 0.717) is 11.1 Å². The van der Waals surface area contributed by atoms with E-state index in [-0.39, 0.29) is 24.2 Å². The van der Waals surface area contributed by atoms with Gasteiger partial charge in [0.05, 0.1) is 11.4 Å². The summed E-state index contributed by atoms with van der Waals surface area (Å²) in [5.41, 5.74) is -10.9. The fourth-order valence-corrected chi connectivity index (χ4v) is 3.89. The van der Waals surface area contributed by atoms with Crippen molar-refractivity contribution in [2.75, 3.05) is 0 Å². The molecule has 2 rings (SSSR count). The fraction of sp³-hybridized carbons (Fsp3) is 0.462. The quantitative estimate of drug-likeness (QED) is 0.219. The van der Waals surface area contributed by atoms with Gasteiger partial charge in [0.25, 0.3) is 11.2 Å². The average Bonchev–Trinajstić information content (AvgIpc) is 2.81. The molecule has 0 atom stereocenters. The van der Waals surface area contributed by atoms with Crippen LogP contribution in [0, 0.1) is 0 Å². The molecule has 2 N–H and O–H groups in total. The summed E-state index contributed by atoms with van der Waals surface area (Å²) in [5.74, 6) is 0. The van der Waals surface area contributed by atoms with Crippen LogP contribution in [0.1, 0.15) is 37.8 Å². The molecule has 0 spiro atoms. The van der Waals surface area contributed by atoms with Crippen molar-refractivity contribution in [2.24, 2.45) is 9.98 Å². The molecule has 2 aromatic carbocycles. The molecule has 0 amide bonds. The summed E-state index contributed by atoms with van der Waals surface area (Å²) in [6.07, 6.45) is -27.9. The molecule has 0 heterocycles. The Morgan fingerprint density at radius 3 is 1.05 bits per heavy atom. The lowest BCUT2D eigenvalue weighted by Crippen LogP contribution is -2.57. The Balaban J connectivity index is 2.34. The van der Waals surface area contributed by atoms with Gasteiger partial charge in [0.15, 0.2) is 0 Å². The predicted octanol–water partition coefficient (Wildman–Crippen LogP) is 8.15. The number of aliphatic hydroxyl groups is 2. The van der Waals surface area contributed by atoms with E-state index in [4.69, 9.17) is 0 Å². The van der Waals surface area contributed by atoms with Gasteiger partial charge in [-0.3, -0.25) is 9.98 Å². The van der Waals surface area contributed by atoms with Gasteiger partial charge in [-0.1, -0.05) is 36.4 Å². The zero-order chi connectivity index (χ0) is 32.4. The van der Waals surface area contributed by atoms with Crippen LogP contribution in [0.15, 0.2) is 58.5 Å². The molecule has 42 heavy (non-hydrogen) atoms. The number of rotatable bonds is 9. The summed E-state index contributed by atoms with van der Waals surface area (Å²) in [5, 5.41) is 18.9. The van der Waals surface area contributed by atoms with Crippen molar-refractivity contribution in [3.63, 3.8) is 0 Å². The number of aliphatic imine (C=N–C) groups is 2. The van der Waals surface area contributed by atoms with Crippen LogP contribution >= 0.6 is 0 Å². The molecule has 0 aliphatic rings. The van der Waals surface area contributed by atoms with Crippen LogP contribution in [0.25, 0.3) is 0 Å². The minimum atomic E-state index is -6.04. The first-order valence-electron chi connectivity index (χ1n) is 11.9. The van der Waals surface area contributed by atoms with E-state index in [0.717, 1.165) is 13.8 Å². The van der Waals surface area contributed by atoms with Gasteiger partial charge in [-0.05, 0) is 49.9 Å². The van der Waals surface area contributed by atoms with Crippen LogP contribution in [0.2, 0.25) is 0 Å². The van der Waals surface area contributed by atoms with Gasteiger partial charge >= 0.3 is 24.7 Å². The van der Waals surface area contributed by atoms with E-state index >= 15 is 0 Å². The largest absolute Gasteiger partial charge is 0.426 e. The SMILES string of the molecule is C/C(CC(O)(C(F)(F)F)C(F)(F)F)=N\c1ccccc1CCc1ccccc1/N=C(\C)CC(O)(C(F)(F)F)C(F)(F)F. The zero-order valence-electron chi connectivity index (χ0n) is 21.8. The number of para-hydroxylation sites is 2. The highest BCUT2D eigenvalue weighted by Gasteiger charge is 2.71. The van der Waals surface area contributed by atoms with Crippen molar-refractivity contribution in [3.8, 4) is 0 Å². The van der Waals surface area contributed by atoms with E-state index in [1.54, 1.807) is 0 Å². The maximum atomic E-state index is 13.1. The predicted molar refractivity (Wildman–Crippen MR) is 129 cm³/mol. The van der Waals surface area contributed by atoms with Gasteiger partial charge in [0, 0.05) is 24.3 Å². The van der Waals surface area contributed by atoms with Crippen LogP contribution in [0.3, 0.4) is 0 Å². The molecule has 2 aromatic rings. The number of aryl methyl sites for hydroxylation is 2. The maximum Gasteiger partial charge on any atom is 0.426 e. The molecule has 0 saturated carbocycles. The van der Waals surface area contributed by atoms with Crippen molar-refractivity contribution in [1.29, 1.82) is 0 Å². The lowest BCUT2D eigenvalue weighted by Gasteiger charge is -2.32. The highest BCUT2D eigenvalue weighted by molar-refractivity contribution is 5.86. The Labute approximate surface area is 231 Å². The third-order valence-corrected chi connectivity index (χ3v) is 6.17. The minimum Gasteiger partial charge on any atom is -0.373 e. The molecule has 16 heteroatoms. The Morgan fingerprint density at radius 2 is 0.786 bits per heavy atom. The van der Waals surface area contributed by atoms with Gasteiger partial charge in [0.2, 0.25) is 0 Å². The second kappa shape index (κ2) is 12.2. The van der Waals surface area contributed by atoms with Gasteiger partial charge in [-0.25, -0.2) is 0 Å². The third kappa shape index (κ3) is 7.82. The van der Waals surface area contributed by atoms with Crippen LogP contribution in [-0.2, 0) is 12.8 Å². The molecule has 0 fully saturated rings.